The first-order valence-electron chi connectivity index (χ1n) is 20.0. The first kappa shape index (κ1) is 38.6. The number of carbonyl (C=O) groups excluding carboxylic acids is 2. The van der Waals surface area contributed by atoms with Crippen molar-refractivity contribution in [2.75, 3.05) is 59.8 Å². The number of aliphatic hydroxyl groups is 1. The van der Waals surface area contributed by atoms with E-state index in [9.17, 15) is 19.5 Å². The van der Waals surface area contributed by atoms with Crippen LogP contribution in [0.4, 0.5) is 28.7 Å². The lowest BCUT2D eigenvalue weighted by Crippen LogP contribution is -2.57. The van der Waals surface area contributed by atoms with Crippen LogP contribution in [0.5, 0.6) is 0 Å². The van der Waals surface area contributed by atoms with Gasteiger partial charge in [-0.3, -0.25) is 24.2 Å². The molecule has 3 aromatic heterocycles. The number of piperazine rings is 1. The third-order valence-electron chi connectivity index (χ3n) is 12.2. The van der Waals surface area contributed by atoms with Crippen LogP contribution in [0.1, 0.15) is 61.4 Å². The van der Waals surface area contributed by atoms with Gasteiger partial charge >= 0.3 is 0 Å². The highest BCUT2D eigenvalue weighted by Gasteiger charge is 2.38. The molecule has 0 saturated carbocycles. The van der Waals surface area contributed by atoms with Gasteiger partial charge in [0.25, 0.3) is 11.5 Å². The van der Waals surface area contributed by atoms with E-state index in [4.69, 9.17) is 9.72 Å². The fourth-order valence-corrected chi connectivity index (χ4v) is 9.38. The number of nitrogens with one attached hydrogen (secondary N) is 2. The summed E-state index contributed by atoms with van der Waals surface area (Å²) in [6, 6.07) is 10.1. The van der Waals surface area contributed by atoms with Crippen LogP contribution in [-0.2, 0) is 42.6 Å². The van der Waals surface area contributed by atoms with Crippen LogP contribution in [0.3, 0.4) is 0 Å². The molecule has 0 bridgehead atoms. The van der Waals surface area contributed by atoms with Crippen LogP contribution in [0.25, 0.3) is 11.3 Å². The Hall–Kier alpha value is -5.31. The molecule has 4 aromatic rings. The highest BCUT2D eigenvalue weighted by atomic mass is 16.5. The molecule has 8 rings (SSSR count). The van der Waals surface area contributed by atoms with Gasteiger partial charge in [0, 0.05) is 93.4 Å². The fourth-order valence-electron chi connectivity index (χ4n) is 9.38. The third kappa shape index (κ3) is 7.26. The Morgan fingerprint density at radius 2 is 1.93 bits per heavy atom. The largest absolute Gasteiger partial charge is 0.392 e. The first-order valence-corrected chi connectivity index (χ1v) is 20.0. The van der Waals surface area contributed by atoms with Crippen molar-refractivity contribution in [1.82, 2.24) is 24.0 Å². The topological polar surface area (TPSA) is 150 Å². The number of hydrogen-bond donors (Lipinski definition) is 3. The summed E-state index contributed by atoms with van der Waals surface area (Å²) in [7, 11) is 1.64. The number of carbonyl (C=O) groups is 2. The summed E-state index contributed by atoms with van der Waals surface area (Å²) in [5, 5.41) is 17.0. The number of hydrogen-bond acceptors (Lipinski definition) is 10. The Bertz CT molecular complexity index is 2300. The quantitative estimate of drug-likeness (QED) is 0.204. The van der Waals surface area contributed by atoms with Gasteiger partial charge in [0.2, 0.25) is 5.91 Å². The van der Waals surface area contributed by atoms with Crippen LogP contribution in [-0.4, -0.2) is 92.4 Å². The summed E-state index contributed by atoms with van der Waals surface area (Å²) >= 11 is 0. The summed E-state index contributed by atoms with van der Waals surface area (Å²) in [4.78, 5) is 56.1. The van der Waals surface area contributed by atoms with Crippen molar-refractivity contribution in [1.29, 1.82) is 0 Å². The predicted octanol–water partition coefficient (Wildman–Crippen LogP) is 4.72. The predicted molar refractivity (Wildman–Crippen MR) is 221 cm³/mol. The number of anilines is 5. The van der Waals surface area contributed by atoms with Crippen molar-refractivity contribution in [3.8, 4) is 11.3 Å². The standard InChI is InChI=1S/C43H53N9O5/c1-7-38(54)46-32-19-29(8-9-35(32)50-14-13-49(22-27(50)3)34-11-17-57-25-26(34)2)45-39-42(56)48(6)23-33(47-39)30-10-12-44-40(31(30)24-53)52-16-15-51-36(41(52)55)18-28-20-43(4,5)21-37(28)51/h7-10,12,18-19,23,26-27,34,53H,1,11,13-17,20-22,24-25H2,2-6H3,(H,45,47)(H,46,54)/t26-,27+,34?/m1/s1. The number of amides is 2. The molecule has 14 heteroatoms. The highest BCUT2D eigenvalue weighted by Crippen LogP contribution is 2.40. The van der Waals surface area contributed by atoms with Gasteiger partial charge in [0.05, 0.1) is 30.3 Å². The third-order valence-corrected chi connectivity index (χ3v) is 12.2. The molecule has 14 nitrogen and oxygen atoms in total. The monoisotopic (exact) mass is 775 g/mol. The maximum Gasteiger partial charge on any atom is 0.293 e. The van der Waals surface area contributed by atoms with Crippen LogP contribution in [0.15, 0.2) is 60.2 Å². The Morgan fingerprint density at radius 3 is 2.68 bits per heavy atom. The zero-order valence-electron chi connectivity index (χ0n) is 33.5. The van der Waals surface area contributed by atoms with Crippen molar-refractivity contribution in [2.24, 2.45) is 18.4 Å². The van der Waals surface area contributed by atoms with Crippen molar-refractivity contribution in [3.05, 3.63) is 88.2 Å². The molecule has 6 heterocycles. The minimum Gasteiger partial charge on any atom is -0.392 e. The second-order valence-corrected chi connectivity index (χ2v) is 16.8. The number of ether oxygens (including phenoxy) is 1. The van der Waals surface area contributed by atoms with Crippen molar-refractivity contribution in [3.63, 3.8) is 0 Å². The number of benzene rings is 1. The molecule has 2 fully saturated rings. The molecular weight excluding hydrogens is 723 g/mol. The smallest absolute Gasteiger partial charge is 0.293 e. The summed E-state index contributed by atoms with van der Waals surface area (Å²) in [5.74, 6) is 0.403. The van der Waals surface area contributed by atoms with Crippen molar-refractivity contribution in [2.45, 2.75) is 72.2 Å². The van der Waals surface area contributed by atoms with Gasteiger partial charge < -0.3 is 34.5 Å². The fraction of sp³-hybridized carbons (Fsp3) is 0.465. The second kappa shape index (κ2) is 15.2. The van der Waals surface area contributed by atoms with E-state index in [1.807, 2.05) is 24.3 Å². The normalized spacial score (nSPS) is 21.9. The molecule has 57 heavy (non-hydrogen) atoms. The second-order valence-electron chi connectivity index (χ2n) is 16.8. The number of rotatable bonds is 9. The van der Waals surface area contributed by atoms with E-state index >= 15 is 0 Å². The lowest BCUT2D eigenvalue weighted by Gasteiger charge is -2.47. The summed E-state index contributed by atoms with van der Waals surface area (Å²) < 4.78 is 9.28. The van der Waals surface area contributed by atoms with Crippen LogP contribution < -0.4 is 26.0 Å². The zero-order valence-corrected chi connectivity index (χ0v) is 33.5. The average molecular weight is 776 g/mol. The molecule has 0 radical (unpaired) electrons. The molecule has 3 atom stereocenters. The van der Waals surface area contributed by atoms with Gasteiger partial charge in [-0.05, 0) is 79.5 Å². The highest BCUT2D eigenvalue weighted by molar-refractivity contribution is 6.06. The molecule has 0 spiro atoms. The van der Waals surface area contributed by atoms with Crippen LogP contribution in [0, 0.1) is 11.3 Å². The van der Waals surface area contributed by atoms with E-state index < -0.39 is 6.61 Å². The number of aromatic nitrogens is 4. The average Bonchev–Trinajstić information content (AvgIpc) is 3.68. The molecule has 3 N–H and O–H groups in total. The Balaban J connectivity index is 1.07. The lowest BCUT2D eigenvalue weighted by atomic mass is 9.90. The maximum atomic E-state index is 14.0. The Kier molecular flexibility index (Phi) is 10.3. The minimum absolute atomic E-state index is 0.0582. The maximum absolute atomic E-state index is 14.0. The molecule has 1 aromatic carbocycles. The Morgan fingerprint density at radius 1 is 1.11 bits per heavy atom. The molecule has 2 amide bonds. The van der Waals surface area contributed by atoms with E-state index in [-0.39, 0.29) is 34.6 Å². The number of nitrogens with zero attached hydrogens (tertiary/aromatic N) is 7. The first-order chi connectivity index (χ1) is 27.3. The van der Waals surface area contributed by atoms with Gasteiger partial charge in [-0.2, -0.15) is 0 Å². The number of fused-ring (bicyclic) bond motifs is 3. The van der Waals surface area contributed by atoms with Gasteiger partial charge in [-0.1, -0.05) is 27.4 Å². The van der Waals surface area contributed by atoms with Gasteiger partial charge in [0.1, 0.15) is 11.5 Å². The molecule has 4 aliphatic rings. The van der Waals surface area contributed by atoms with E-state index in [1.165, 1.54) is 21.9 Å². The lowest BCUT2D eigenvalue weighted by molar-refractivity contribution is -0.111. The van der Waals surface area contributed by atoms with E-state index in [0.29, 0.717) is 64.8 Å². The Labute approximate surface area is 333 Å². The summed E-state index contributed by atoms with van der Waals surface area (Å²) in [5.41, 5.74) is 6.34. The molecule has 1 aliphatic carbocycles. The van der Waals surface area contributed by atoms with E-state index in [0.717, 1.165) is 57.8 Å². The van der Waals surface area contributed by atoms with Crippen LogP contribution >= 0.6 is 0 Å². The molecule has 300 valence electrons. The van der Waals surface area contributed by atoms with Crippen molar-refractivity contribution < 1.29 is 19.4 Å². The van der Waals surface area contributed by atoms with E-state index in [1.54, 1.807) is 30.4 Å². The summed E-state index contributed by atoms with van der Waals surface area (Å²) in [6.45, 7) is 17.4. The van der Waals surface area contributed by atoms with Gasteiger partial charge in [0.15, 0.2) is 5.82 Å². The molecule has 2 saturated heterocycles. The molecule has 1 unspecified atom stereocenters. The number of aryl methyl sites for hydroxylation is 1. The van der Waals surface area contributed by atoms with E-state index in [2.05, 4.69) is 64.3 Å². The van der Waals surface area contributed by atoms with Gasteiger partial charge in [-0.25, -0.2) is 9.97 Å². The minimum atomic E-state index is -0.393. The summed E-state index contributed by atoms with van der Waals surface area (Å²) in [6.07, 6.45) is 7.35. The van der Waals surface area contributed by atoms with Crippen LogP contribution in [0.2, 0.25) is 0 Å². The SMILES string of the molecule is C=CC(=O)Nc1cc(Nc2nc(-c3ccnc(N4CCn5c(cc6c5CC(C)(C)C6)C4=O)c3CO)cn(C)c2=O)ccc1N1CCN(C2CCOC[C@H]2C)C[C@@H]1C. The van der Waals surface area contributed by atoms with Crippen molar-refractivity contribution >= 4 is 40.5 Å². The zero-order chi connectivity index (χ0) is 40.2. The molecule has 3 aliphatic heterocycles. The van der Waals surface area contributed by atoms with Gasteiger partial charge in [-0.15, -0.1) is 0 Å². The molecular formula is C43H53N9O5. The number of aliphatic hydroxyl groups excluding tert-OH is 1. The number of pyridine rings is 1.